The van der Waals surface area contributed by atoms with Crippen LogP contribution in [0.3, 0.4) is 0 Å². The number of hydrogen-bond donors (Lipinski definition) is 1. The smallest absolute Gasteiger partial charge is 0.321 e. The lowest BCUT2D eigenvalue weighted by Gasteiger charge is -2.31. The Hall–Kier alpha value is -2.11. The van der Waals surface area contributed by atoms with E-state index in [-0.39, 0.29) is 6.03 Å². The van der Waals surface area contributed by atoms with Crippen molar-refractivity contribution in [3.63, 3.8) is 0 Å². The summed E-state index contributed by atoms with van der Waals surface area (Å²) in [4.78, 5) is 14.4. The number of ether oxygens (including phenoxy) is 3. The van der Waals surface area contributed by atoms with Gasteiger partial charge in [-0.1, -0.05) is 6.92 Å². The van der Waals surface area contributed by atoms with Crippen LogP contribution in [0.1, 0.15) is 40.5 Å². The summed E-state index contributed by atoms with van der Waals surface area (Å²) in [6.45, 7) is 11.0. The van der Waals surface area contributed by atoms with Crippen LogP contribution >= 0.6 is 0 Å². The Morgan fingerprint density at radius 1 is 1.12 bits per heavy atom. The number of rotatable bonds is 7. The van der Waals surface area contributed by atoms with Gasteiger partial charge in [0.25, 0.3) is 0 Å². The fourth-order valence-electron chi connectivity index (χ4n) is 3.04. The standard InChI is InChI=1S/C19H30N2O4/c1-5-23-16-11-15(12-17(24-6-2)18(16)25-7-3)20-19(22)21-10-8-9-14(4)13-21/h11-12,14H,5-10,13H2,1-4H3,(H,20,22). The molecule has 6 nitrogen and oxygen atoms in total. The van der Waals surface area contributed by atoms with Crippen molar-refractivity contribution in [2.45, 2.75) is 40.5 Å². The lowest BCUT2D eigenvalue weighted by molar-refractivity contribution is 0.182. The van der Waals surface area contributed by atoms with Gasteiger partial charge in [0, 0.05) is 25.2 Å². The minimum absolute atomic E-state index is 0.0828. The topological polar surface area (TPSA) is 60.0 Å². The summed E-state index contributed by atoms with van der Waals surface area (Å²) in [6, 6.07) is 3.51. The van der Waals surface area contributed by atoms with Crippen LogP contribution in [0.2, 0.25) is 0 Å². The molecular formula is C19H30N2O4. The molecule has 0 aliphatic carbocycles. The molecule has 1 aromatic rings. The van der Waals surface area contributed by atoms with E-state index in [1.54, 1.807) is 12.1 Å². The van der Waals surface area contributed by atoms with Crippen LogP contribution in [0.4, 0.5) is 10.5 Å². The molecule has 2 amide bonds. The van der Waals surface area contributed by atoms with Gasteiger partial charge in [-0.2, -0.15) is 0 Å². The Morgan fingerprint density at radius 2 is 1.72 bits per heavy atom. The van der Waals surface area contributed by atoms with Crippen LogP contribution in [-0.4, -0.2) is 43.8 Å². The lowest BCUT2D eigenvalue weighted by Crippen LogP contribution is -2.41. The third-order valence-electron chi connectivity index (χ3n) is 4.10. The maximum absolute atomic E-state index is 12.6. The first-order chi connectivity index (χ1) is 12.1. The molecular weight excluding hydrogens is 320 g/mol. The Kier molecular flexibility index (Phi) is 7.22. The van der Waals surface area contributed by atoms with Gasteiger partial charge in [0.15, 0.2) is 11.5 Å². The minimum Gasteiger partial charge on any atom is -0.490 e. The van der Waals surface area contributed by atoms with Gasteiger partial charge in [-0.25, -0.2) is 4.79 Å². The maximum atomic E-state index is 12.6. The Morgan fingerprint density at radius 3 is 2.24 bits per heavy atom. The van der Waals surface area contributed by atoms with Crippen molar-refractivity contribution in [2.75, 3.05) is 38.2 Å². The molecule has 25 heavy (non-hydrogen) atoms. The van der Waals surface area contributed by atoms with Gasteiger partial charge >= 0.3 is 6.03 Å². The number of nitrogens with zero attached hydrogens (tertiary/aromatic N) is 1. The first-order valence-electron chi connectivity index (χ1n) is 9.21. The number of amides is 2. The molecule has 0 bridgehead atoms. The number of likely N-dealkylation sites (tertiary alicyclic amines) is 1. The summed E-state index contributed by atoms with van der Waals surface area (Å²) in [6.07, 6.45) is 2.22. The molecule has 0 spiro atoms. The fourth-order valence-corrected chi connectivity index (χ4v) is 3.04. The second kappa shape index (κ2) is 9.39. The highest BCUT2D eigenvalue weighted by atomic mass is 16.5. The average Bonchev–Trinajstić information content (AvgIpc) is 2.58. The predicted molar refractivity (Wildman–Crippen MR) is 98.9 cm³/mol. The van der Waals surface area contributed by atoms with Gasteiger partial charge in [0.05, 0.1) is 25.5 Å². The minimum atomic E-state index is -0.0828. The molecule has 140 valence electrons. The van der Waals surface area contributed by atoms with Gasteiger partial charge < -0.3 is 24.4 Å². The van der Waals surface area contributed by atoms with Crippen molar-refractivity contribution in [1.29, 1.82) is 0 Å². The molecule has 0 saturated carbocycles. The zero-order chi connectivity index (χ0) is 18.2. The summed E-state index contributed by atoms with van der Waals surface area (Å²) in [5.74, 6) is 2.28. The SMILES string of the molecule is CCOc1cc(NC(=O)N2CCCC(C)C2)cc(OCC)c1OCC. The fraction of sp³-hybridized carbons (Fsp3) is 0.632. The van der Waals surface area contributed by atoms with Gasteiger partial charge in [-0.15, -0.1) is 0 Å². The van der Waals surface area contributed by atoms with E-state index >= 15 is 0 Å². The van der Waals surface area contributed by atoms with Crippen molar-refractivity contribution >= 4 is 11.7 Å². The molecule has 0 aromatic heterocycles. The van der Waals surface area contributed by atoms with Crippen molar-refractivity contribution < 1.29 is 19.0 Å². The quantitative estimate of drug-likeness (QED) is 0.803. The molecule has 1 aliphatic heterocycles. The normalized spacial score (nSPS) is 17.1. The number of piperidine rings is 1. The number of hydrogen-bond acceptors (Lipinski definition) is 4. The second-order valence-corrected chi connectivity index (χ2v) is 6.22. The van der Waals surface area contributed by atoms with Crippen LogP contribution in [0.15, 0.2) is 12.1 Å². The number of carbonyl (C=O) groups excluding carboxylic acids is 1. The molecule has 1 saturated heterocycles. The van der Waals surface area contributed by atoms with Crippen LogP contribution in [0.5, 0.6) is 17.2 Å². The van der Waals surface area contributed by atoms with E-state index in [9.17, 15) is 4.79 Å². The molecule has 1 heterocycles. The van der Waals surface area contributed by atoms with Crippen molar-refractivity contribution in [1.82, 2.24) is 4.90 Å². The molecule has 1 N–H and O–H groups in total. The van der Waals surface area contributed by atoms with Gasteiger partial charge in [-0.05, 0) is 39.5 Å². The van der Waals surface area contributed by atoms with E-state index in [2.05, 4.69) is 12.2 Å². The molecule has 6 heteroatoms. The van der Waals surface area contributed by atoms with E-state index in [0.717, 1.165) is 19.5 Å². The first kappa shape index (κ1) is 19.2. The lowest BCUT2D eigenvalue weighted by atomic mass is 10.0. The number of anilines is 1. The zero-order valence-corrected chi connectivity index (χ0v) is 15.8. The van der Waals surface area contributed by atoms with Gasteiger partial charge in [-0.3, -0.25) is 0 Å². The molecule has 2 rings (SSSR count). The van der Waals surface area contributed by atoms with Crippen molar-refractivity contribution in [3.8, 4) is 17.2 Å². The summed E-state index contributed by atoms with van der Waals surface area (Å²) in [5, 5.41) is 2.97. The Labute approximate surface area is 150 Å². The van der Waals surface area contributed by atoms with Crippen molar-refractivity contribution in [2.24, 2.45) is 5.92 Å². The van der Waals surface area contributed by atoms with E-state index in [0.29, 0.717) is 48.7 Å². The van der Waals surface area contributed by atoms with Crippen LogP contribution in [0.25, 0.3) is 0 Å². The molecule has 1 fully saturated rings. The zero-order valence-electron chi connectivity index (χ0n) is 15.8. The number of benzene rings is 1. The molecule has 1 aliphatic rings. The number of nitrogens with one attached hydrogen (secondary N) is 1. The number of carbonyl (C=O) groups is 1. The monoisotopic (exact) mass is 350 g/mol. The summed E-state index contributed by atoms with van der Waals surface area (Å²) in [7, 11) is 0. The van der Waals surface area contributed by atoms with E-state index < -0.39 is 0 Å². The largest absolute Gasteiger partial charge is 0.490 e. The highest BCUT2D eigenvalue weighted by molar-refractivity contribution is 5.90. The number of urea groups is 1. The average molecular weight is 350 g/mol. The summed E-state index contributed by atoms with van der Waals surface area (Å²) >= 11 is 0. The third kappa shape index (κ3) is 5.18. The highest BCUT2D eigenvalue weighted by Crippen LogP contribution is 2.41. The Balaban J connectivity index is 2.22. The molecule has 0 radical (unpaired) electrons. The van der Waals surface area contributed by atoms with Crippen LogP contribution in [0, 0.1) is 5.92 Å². The molecule has 1 aromatic carbocycles. The summed E-state index contributed by atoms with van der Waals surface area (Å²) < 4.78 is 17.1. The van der Waals surface area contributed by atoms with Crippen molar-refractivity contribution in [3.05, 3.63) is 12.1 Å². The Bertz CT molecular complexity index is 550. The van der Waals surface area contributed by atoms with Crippen LogP contribution < -0.4 is 19.5 Å². The van der Waals surface area contributed by atoms with E-state index in [1.165, 1.54) is 6.42 Å². The first-order valence-corrected chi connectivity index (χ1v) is 9.21. The maximum Gasteiger partial charge on any atom is 0.321 e. The van der Waals surface area contributed by atoms with Gasteiger partial charge in [0.1, 0.15) is 0 Å². The molecule has 1 atom stereocenters. The van der Waals surface area contributed by atoms with Crippen LogP contribution in [-0.2, 0) is 0 Å². The van der Waals surface area contributed by atoms with E-state index in [1.807, 2.05) is 25.7 Å². The predicted octanol–water partition coefficient (Wildman–Crippen LogP) is 4.15. The molecule has 1 unspecified atom stereocenters. The second-order valence-electron chi connectivity index (χ2n) is 6.22. The summed E-state index contributed by atoms with van der Waals surface area (Å²) in [5.41, 5.74) is 0.651. The van der Waals surface area contributed by atoms with Gasteiger partial charge in [0.2, 0.25) is 5.75 Å². The third-order valence-corrected chi connectivity index (χ3v) is 4.10. The highest BCUT2D eigenvalue weighted by Gasteiger charge is 2.22. The van der Waals surface area contributed by atoms with E-state index in [4.69, 9.17) is 14.2 Å².